The predicted octanol–water partition coefficient (Wildman–Crippen LogP) is 2.90. The van der Waals surface area contributed by atoms with Crippen LogP contribution < -0.4 is 0 Å². The first-order chi connectivity index (χ1) is 8.64. The van der Waals surface area contributed by atoms with E-state index in [2.05, 4.69) is 13.8 Å². The maximum atomic E-state index is 10.9. The van der Waals surface area contributed by atoms with E-state index in [4.69, 9.17) is 9.47 Å². The molecule has 2 saturated heterocycles. The quantitative estimate of drug-likeness (QED) is 0.840. The second-order valence-electron chi connectivity index (χ2n) is 6.04. The molecule has 2 aliphatic heterocycles. The van der Waals surface area contributed by atoms with Gasteiger partial charge in [-0.3, -0.25) is 0 Å². The molecular formula is C15H28O3. The van der Waals surface area contributed by atoms with Gasteiger partial charge in [0.25, 0.3) is 0 Å². The van der Waals surface area contributed by atoms with Crippen LogP contribution in [-0.2, 0) is 9.47 Å². The van der Waals surface area contributed by atoms with Gasteiger partial charge in [0, 0.05) is 19.8 Å². The molecule has 1 spiro atoms. The molecule has 106 valence electrons. The van der Waals surface area contributed by atoms with E-state index in [1.54, 1.807) is 0 Å². The van der Waals surface area contributed by atoms with Crippen LogP contribution in [0.5, 0.6) is 0 Å². The number of rotatable bonds is 4. The van der Waals surface area contributed by atoms with Gasteiger partial charge >= 0.3 is 0 Å². The fourth-order valence-electron chi connectivity index (χ4n) is 3.68. The summed E-state index contributed by atoms with van der Waals surface area (Å²) < 4.78 is 11.5. The van der Waals surface area contributed by atoms with Crippen LogP contribution in [0.4, 0.5) is 0 Å². The van der Waals surface area contributed by atoms with Crippen molar-refractivity contribution in [3.63, 3.8) is 0 Å². The van der Waals surface area contributed by atoms with Gasteiger partial charge < -0.3 is 14.6 Å². The van der Waals surface area contributed by atoms with E-state index in [9.17, 15) is 5.11 Å². The molecular weight excluding hydrogens is 228 g/mol. The molecule has 0 saturated carbocycles. The molecule has 1 N–H and O–H groups in total. The Bertz CT molecular complexity index is 255. The average Bonchev–Trinajstić information content (AvgIpc) is 2.40. The second kappa shape index (κ2) is 5.89. The van der Waals surface area contributed by atoms with Crippen molar-refractivity contribution in [2.75, 3.05) is 19.8 Å². The van der Waals surface area contributed by atoms with Gasteiger partial charge in [0.05, 0.1) is 11.2 Å². The summed E-state index contributed by atoms with van der Waals surface area (Å²) in [6.07, 6.45) is 6.84. The smallest absolute Gasteiger partial charge is 0.0730 e. The van der Waals surface area contributed by atoms with E-state index in [0.29, 0.717) is 5.92 Å². The Kier molecular flexibility index (Phi) is 4.68. The van der Waals surface area contributed by atoms with Crippen LogP contribution >= 0.6 is 0 Å². The summed E-state index contributed by atoms with van der Waals surface area (Å²) in [5.41, 5.74) is -0.484. The molecule has 0 amide bonds. The average molecular weight is 256 g/mol. The van der Waals surface area contributed by atoms with E-state index >= 15 is 0 Å². The van der Waals surface area contributed by atoms with E-state index in [1.807, 2.05) is 0 Å². The molecule has 0 radical (unpaired) electrons. The highest BCUT2D eigenvalue weighted by atomic mass is 16.5. The molecule has 0 aromatic heterocycles. The zero-order valence-corrected chi connectivity index (χ0v) is 11.9. The van der Waals surface area contributed by atoms with Crippen molar-refractivity contribution in [3.05, 3.63) is 0 Å². The van der Waals surface area contributed by atoms with E-state index < -0.39 is 5.60 Å². The van der Waals surface area contributed by atoms with Crippen LogP contribution in [0.3, 0.4) is 0 Å². The molecule has 0 bridgehead atoms. The fraction of sp³-hybridized carbons (Fsp3) is 1.00. The van der Waals surface area contributed by atoms with Crippen molar-refractivity contribution in [2.45, 2.75) is 70.0 Å². The van der Waals surface area contributed by atoms with Gasteiger partial charge in [-0.05, 0) is 44.4 Å². The summed E-state index contributed by atoms with van der Waals surface area (Å²) in [6.45, 7) is 6.69. The lowest BCUT2D eigenvalue weighted by Gasteiger charge is -2.48. The normalized spacial score (nSPS) is 31.2. The molecule has 0 aliphatic carbocycles. The van der Waals surface area contributed by atoms with E-state index in [-0.39, 0.29) is 5.60 Å². The third-order valence-corrected chi connectivity index (χ3v) is 4.95. The zero-order valence-electron chi connectivity index (χ0n) is 11.9. The highest BCUT2D eigenvalue weighted by Crippen LogP contribution is 2.43. The van der Waals surface area contributed by atoms with Crippen LogP contribution in [0.1, 0.15) is 58.8 Å². The van der Waals surface area contributed by atoms with Crippen LogP contribution in [0, 0.1) is 5.92 Å². The van der Waals surface area contributed by atoms with Crippen molar-refractivity contribution in [1.29, 1.82) is 0 Å². The number of ether oxygens (including phenoxy) is 2. The number of hydrogen-bond donors (Lipinski definition) is 1. The number of hydrogen-bond acceptors (Lipinski definition) is 3. The third-order valence-electron chi connectivity index (χ3n) is 4.95. The molecule has 2 atom stereocenters. The summed E-state index contributed by atoms with van der Waals surface area (Å²) in [4.78, 5) is 0. The van der Waals surface area contributed by atoms with Gasteiger partial charge in [-0.2, -0.15) is 0 Å². The Labute approximate surface area is 111 Å². The van der Waals surface area contributed by atoms with Crippen LogP contribution in [0.15, 0.2) is 0 Å². The lowest BCUT2D eigenvalue weighted by atomic mass is 9.71. The standard InChI is InChI=1S/C15H28O3/c1-3-6-15(16,4-2)13-5-9-18-14(12-13)7-10-17-11-8-14/h13,16H,3-12H2,1-2H3. The van der Waals surface area contributed by atoms with Crippen molar-refractivity contribution in [1.82, 2.24) is 0 Å². The van der Waals surface area contributed by atoms with Crippen LogP contribution in [-0.4, -0.2) is 36.1 Å². The molecule has 18 heavy (non-hydrogen) atoms. The molecule has 2 aliphatic rings. The first-order valence-electron chi connectivity index (χ1n) is 7.58. The van der Waals surface area contributed by atoms with Gasteiger partial charge in [0.15, 0.2) is 0 Å². The van der Waals surface area contributed by atoms with Crippen molar-refractivity contribution in [3.8, 4) is 0 Å². The molecule has 0 aromatic carbocycles. The van der Waals surface area contributed by atoms with Gasteiger partial charge in [0.1, 0.15) is 0 Å². The van der Waals surface area contributed by atoms with Crippen LogP contribution in [0.2, 0.25) is 0 Å². The van der Waals surface area contributed by atoms with E-state index in [0.717, 1.165) is 64.8 Å². The summed E-state index contributed by atoms with van der Waals surface area (Å²) in [5, 5.41) is 10.9. The molecule has 3 nitrogen and oxygen atoms in total. The van der Waals surface area contributed by atoms with Gasteiger partial charge in [-0.25, -0.2) is 0 Å². The fourth-order valence-corrected chi connectivity index (χ4v) is 3.68. The first-order valence-corrected chi connectivity index (χ1v) is 7.58. The summed E-state index contributed by atoms with van der Waals surface area (Å²) in [7, 11) is 0. The Balaban J connectivity index is 2.04. The second-order valence-corrected chi connectivity index (χ2v) is 6.04. The lowest BCUT2D eigenvalue weighted by Crippen LogP contribution is -2.50. The van der Waals surface area contributed by atoms with Crippen molar-refractivity contribution in [2.24, 2.45) is 5.92 Å². The Morgan fingerprint density at radius 1 is 1.22 bits per heavy atom. The largest absolute Gasteiger partial charge is 0.390 e. The SMILES string of the molecule is CCCC(O)(CC)C1CCOC2(CCOCC2)C1. The molecule has 2 unspecified atom stereocenters. The maximum Gasteiger partial charge on any atom is 0.0730 e. The van der Waals surface area contributed by atoms with E-state index in [1.165, 1.54) is 0 Å². The van der Waals surface area contributed by atoms with Gasteiger partial charge in [-0.1, -0.05) is 20.3 Å². The minimum atomic E-state index is -0.482. The van der Waals surface area contributed by atoms with Gasteiger partial charge in [0.2, 0.25) is 0 Å². The molecule has 2 heterocycles. The molecule has 3 heteroatoms. The molecule has 0 aromatic rings. The molecule has 2 fully saturated rings. The lowest BCUT2D eigenvalue weighted by molar-refractivity contribution is -0.177. The third kappa shape index (κ3) is 2.89. The zero-order chi connectivity index (χ0) is 13.1. The highest BCUT2D eigenvalue weighted by Gasteiger charge is 2.45. The van der Waals surface area contributed by atoms with Crippen LogP contribution in [0.25, 0.3) is 0 Å². The summed E-state index contributed by atoms with van der Waals surface area (Å²) >= 11 is 0. The Hall–Kier alpha value is -0.120. The van der Waals surface area contributed by atoms with Crippen molar-refractivity contribution >= 4 is 0 Å². The Morgan fingerprint density at radius 3 is 2.56 bits per heavy atom. The monoisotopic (exact) mass is 256 g/mol. The minimum Gasteiger partial charge on any atom is -0.390 e. The first kappa shape index (κ1) is 14.3. The number of aliphatic hydroxyl groups is 1. The predicted molar refractivity (Wildman–Crippen MR) is 71.6 cm³/mol. The summed E-state index contributed by atoms with van der Waals surface area (Å²) in [6, 6.07) is 0. The molecule has 2 rings (SSSR count). The summed E-state index contributed by atoms with van der Waals surface area (Å²) in [5.74, 6) is 0.397. The topological polar surface area (TPSA) is 38.7 Å². The van der Waals surface area contributed by atoms with Crippen molar-refractivity contribution < 1.29 is 14.6 Å². The minimum absolute atomic E-state index is 0.00193. The van der Waals surface area contributed by atoms with Gasteiger partial charge in [-0.15, -0.1) is 0 Å². The Morgan fingerprint density at radius 2 is 1.94 bits per heavy atom. The maximum absolute atomic E-state index is 10.9. The highest BCUT2D eigenvalue weighted by molar-refractivity contribution is 4.96.